The van der Waals surface area contributed by atoms with Crippen LogP contribution >= 0.6 is 23.2 Å². The Morgan fingerprint density at radius 2 is 1.71 bits per heavy atom. The molecule has 1 aliphatic rings. The molecule has 1 amide bonds. The summed E-state index contributed by atoms with van der Waals surface area (Å²) in [6.45, 7) is 1.59. The Hall–Kier alpha value is -3.09. The monoisotopic (exact) mass is 515 g/mol. The SMILES string of the molecule is C[C@]1(Cc2ccc(Cl)cc2)Cc2cc(CC(=O)N(CC(=O)O)Cc3ccc(F)c(Cl)c3)ccc2O1. The van der Waals surface area contributed by atoms with Crippen LogP contribution < -0.4 is 4.74 Å². The highest BCUT2D eigenvalue weighted by atomic mass is 35.5. The van der Waals surface area contributed by atoms with E-state index < -0.39 is 23.9 Å². The van der Waals surface area contributed by atoms with E-state index in [-0.39, 0.29) is 23.9 Å². The molecule has 182 valence electrons. The smallest absolute Gasteiger partial charge is 0.323 e. The Morgan fingerprint density at radius 3 is 2.40 bits per heavy atom. The van der Waals surface area contributed by atoms with Gasteiger partial charge in [0.25, 0.3) is 0 Å². The van der Waals surface area contributed by atoms with E-state index in [1.54, 1.807) is 0 Å². The molecule has 4 rings (SSSR count). The molecule has 35 heavy (non-hydrogen) atoms. The predicted molar refractivity (Wildman–Crippen MR) is 133 cm³/mol. The number of ether oxygens (including phenoxy) is 1. The average Bonchev–Trinajstić information content (AvgIpc) is 3.12. The molecule has 0 saturated carbocycles. The molecule has 0 saturated heterocycles. The molecule has 0 fully saturated rings. The zero-order valence-electron chi connectivity index (χ0n) is 19.1. The Morgan fingerprint density at radius 1 is 1.03 bits per heavy atom. The van der Waals surface area contributed by atoms with Crippen molar-refractivity contribution in [2.24, 2.45) is 0 Å². The molecule has 0 unspecified atom stereocenters. The summed E-state index contributed by atoms with van der Waals surface area (Å²) in [6, 6.07) is 17.4. The van der Waals surface area contributed by atoms with Crippen LogP contribution in [0.25, 0.3) is 0 Å². The lowest BCUT2D eigenvalue weighted by Gasteiger charge is -2.24. The minimum atomic E-state index is -1.13. The molecular weight excluding hydrogens is 492 g/mol. The standard InChI is InChI=1S/C27H24Cl2FNO4/c1-27(13-17-2-6-21(28)7-3-17)14-20-10-18(5-9-24(20)35-27)12-25(32)31(16-26(33)34)15-19-4-8-23(30)22(29)11-19/h2-11H,12-16H2,1H3,(H,33,34)/t27-/m0/s1. The Bertz CT molecular complexity index is 1260. The summed E-state index contributed by atoms with van der Waals surface area (Å²) in [5.74, 6) is -1.28. The van der Waals surface area contributed by atoms with E-state index >= 15 is 0 Å². The molecule has 0 aliphatic carbocycles. The highest BCUT2D eigenvalue weighted by Crippen LogP contribution is 2.37. The predicted octanol–water partition coefficient (Wildman–Crippen LogP) is 5.72. The fraction of sp³-hybridized carbons (Fsp3) is 0.259. The fourth-order valence-corrected chi connectivity index (χ4v) is 4.69. The van der Waals surface area contributed by atoms with E-state index in [0.717, 1.165) is 22.4 Å². The van der Waals surface area contributed by atoms with Gasteiger partial charge in [0.2, 0.25) is 5.91 Å². The summed E-state index contributed by atoms with van der Waals surface area (Å²) in [5.41, 5.74) is 3.01. The zero-order chi connectivity index (χ0) is 25.2. The quantitative estimate of drug-likeness (QED) is 0.416. The molecule has 1 N–H and O–H groups in total. The Balaban J connectivity index is 1.45. The molecule has 1 heterocycles. The van der Waals surface area contributed by atoms with Gasteiger partial charge in [0, 0.05) is 24.4 Å². The topological polar surface area (TPSA) is 66.8 Å². The van der Waals surface area contributed by atoms with Gasteiger partial charge >= 0.3 is 5.97 Å². The summed E-state index contributed by atoms with van der Waals surface area (Å²) in [6.07, 6.45) is 1.42. The van der Waals surface area contributed by atoms with Crippen molar-refractivity contribution < 1.29 is 23.8 Å². The first-order chi connectivity index (χ1) is 16.6. The molecule has 0 spiro atoms. The van der Waals surface area contributed by atoms with E-state index in [1.807, 2.05) is 42.5 Å². The molecule has 1 aliphatic heterocycles. The molecule has 3 aromatic rings. The first kappa shape index (κ1) is 25.0. The first-order valence-electron chi connectivity index (χ1n) is 11.1. The molecular formula is C27H24Cl2FNO4. The fourth-order valence-electron chi connectivity index (χ4n) is 4.36. The van der Waals surface area contributed by atoms with E-state index in [9.17, 15) is 19.1 Å². The third-order valence-corrected chi connectivity index (χ3v) is 6.47. The number of carbonyl (C=O) groups is 2. The number of carboxylic acids is 1. The minimum absolute atomic E-state index is 0.0123. The number of hydrogen-bond acceptors (Lipinski definition) is 3. The number of rotatable bonds is 8. The maximum absolute atomic E-state index is 13.5. The number of halogens is 3. The minimum Gasteiger partial charge on any atom is -0.487 e. The lowest BCUT2D eigenvalue weighted by Crippen LogP contribution is -2.36. The number of aliphatic carboxylic acids is 1. The molecule has 8 heteroatoms. The van der Waals surface area contributed by atoms with Gasteiger partial charge in [-0.25, -0.2) is 4.39 Å². The number of hydrogen-bond donors (Lipinski definition) is 1. The van der Waals surface area contributed by atoms with Gasteiger partial charge in [-0.3, -0.25) is 9.59 Å². The van der Waals surface area contributed by atoms with Crippen LogP contribution in [0, 0.1) is 5.82 Å². The normalized spacial score (nSPS) is 16.5. The Labute approximate surface area is 213 Å². The van der Waals surface area contributed by atoms with Crippen molar-refractivity contribution in [1.29, 1.82) is 0 Å². The number of carbonyl (C=O) groups excluding carboxylic acids is 1. The molecule has 3 aromatic carbocycles. The number of benzene rings is 3. The zero-order valence-corrected chi connectivity index (χ0v) is 20.6. The second kappa shape index (κ2) is 10.3. The average molecular weight is 516 g/mol. The highest BCUT2D eigenvalue weighted by molar-refractivity contribution is 6.31. The summed E-state index contributed by atoms with van der Waals surface area (Å²) in [7, 11) is 0. The van der Waals surface area contributed by atoms with Gasteiger partial charge in [0.15, 0.2) is 0 Å². The summed E-state index contributed by atoms with van der Waals surface area (Å²) < 4.78 is 19.7. The van der Waals surface area contributed by atoms with E-state index in [1.165, 1.54) is 23.1 Å². The van der Waals surface area contributed by atoms with Crippen LogP contribution in [0.3, 0.4) is 0 Å². The summed E-state index contributed by atoms with van der Waals surface area (Å²) in [5, 5.41) is 9.90. The van der Waals surface area contributed by atoms with Crippen molar-refractivity contribution in [3.8, 4) is 5.75 Å². The molecule has 0 aromatic heterocycles. The highest BCUT2D eigenvalue weighted by Gasteiger charge is 2.35. The van der Waals surface area contributed by atoms with Gasteiger partial charge in [-0.15, -0.1) is 0 Å². The van der Waals surface area contributed by atoms with Gasteiger partial charge in [0.05, 0.1) is 11.4 Å². The van der Waals surface area contributed by atoms with Gasteiger partial charge < -0.3 is 14.7 Å². The van der Waals surface area contributed by atoms with Gasteiger partial charge in [-0.05, 0) is 59.5 Å². The van der Waals surface area contributed by atoms with Gasteiger partial charge in [-0.1, -0.05) is 53.5 Å². The van der Waals surface area contributed by atoms with Gasteiger partial charge in [0.1, 0.15) is 23.7 Å². The van der Waals surface area contributed by atoms with Crippen molar-refractivity contribution in [3.05, 3.63) is 98.8 Å². The lowest BCUT2D eigenvalue weighted by atomic mass is 9.91. The number of amides is 1. The lowest BCUT2D eigenvalue weighted by molar-refractivity contribution is -0.144. The Kier molecular flexibility index (Phi) is 7.33. The van der Waals surface area contributed by atoms with Crippen LogP contribution in [0.15, 0.2) is 60.7 Å². The number of carboxylic acid groups (broad SMARTS) is 1. The second-order valence-corrected chi connectivity index (χ2v) is 9.89. The van der Waals surface area contributed by atoms with Crippen LogP contribution in [-0.2, 0) is 35.4 Å². The molecule has 0 bridgehead atoms. The molecule has 0 radical (unpaired) electrons. The number of nitrogens with zero attached hydrogens (tertiary/aromatic N) is 1. The van der Waals surface area contributed by atoms with E-state index in [4.69, 9.17) is 27.9 Å². The largest absolute Gasteiger partial charge is 0.487 e. The van der Waals surface area contributed by atoms with E-state index in [0.29, 0.717) is 23.4 Å². The van der Waals surface area contributed by atoms with E-state index in [2.05, 4.69) is 6.92 Å². The van der Waals surface area contributed by atoms with Crippen molar-refractivity contribution >= 4 is 35.1 Å². The maximum Gasteiger partial charge on any atom is 0.323 e. The second-order valence-electron chi connectivity index (χ2n) is 9.04. The first-order valence-corrected chi connectivity index (χ1v) is 11.8. The summed E-state index contributed by atoms with van der Waals surface area (Å²) in [4.78, 5) is 25.6. The van der Waals surface area contributed by atoms with Crippen LogP contribution in [0.4, 0.5) is 4.39 Å². The molecule has 1 atom stereocenters. The molecule has 5 nitrogen and oxygen atoms in total. The maximum atomic E-state index is 13.5. The van der Waals surface area contributed by atoms with Crippen LogP contribution in [0.5, 0.6) is 5.75 Å². The van der Waals surface area contributed by atoms with Crippen LogP contribution in [-0.4, -0.2) is 34.0 Å². The van der Waals surface area contributed by atoms with Crippen molar-refractivity contribution in [1.82, 2.24) is 4.90 Å². The van der Waals surface area contributed by atoms with Crippen molar-refractivity contribution in [3.63, 3.8) is 0 Å². The number of fused-ring (bicyclic) bond motifs is 1. The summed E-state index contributed by atoms with van der Waals surface area (Å²) >= 11 is 11.8. The van der Waals surface area contributed by atoms with Crippen LogP contribution in [0.2, 0.25) is 10.0 Å². The van der Waals surface area contributed by atoms with Gasteiger partial charge in [-0.2, -0.15) is 0 Å². The third kappa shape index (κ3) is 6.32. The third-order valence-electron chi connectivity index (χ3n) is 5.93. The van der Waals surface area contributed by atoms with Crippen LogP contribution in [0.1, 0.15) is 29.2 Å². The van der Waals surface area contributed by atoms with Crippen molar-refractivity contribution in [2.45, 2.75) is 38.3 Å². The van der Waals surface area contributed by atoms with Crippen molar-refractivity contribution in [2.75, 3.05) is 6.54 Å².